The zero-order valence-corrected chi connectivity index (χ0v) is 14.6. The van der Waals surface area contributed by atoms with Crippen molar-refractivity contribution in [1.29, 1.82) is 0 Å². The lowest BCUT2D eigenvalue weighted by Crippen LogP contribution is -2.32. The zero-order valence-electron chi connectivity index (χ0n) is 14.6. The third kappa shape index (κ3) is 3.02. The minimum absolute atomic E-state index is 0.0349. The lowest BCUT2D eigenvalue weighted by molar-refractivity contribution is -0.146. The van der Waals surface area contributed by atoms with Gasteiger partial charge in [0.25, 0.3) is 0 Å². The molecular formula is C18H21N5O3. The van der Waals surface area contributed by atoms with Crippen molar-refractivity contribution in [2.45, 2.75) is 51.2 Å². The van der Waals surface area contributed by atoms with Crippen molar-refractivity contribution in [1.82, 2.24) is 20.2 Å². The average molecular weight is 355 g/mol. The highest BCUT2D eigenvalue weighted by molar-refractivity contribution is 5.92. The molecule has 1 fully saturated rings. The molecule has 8 nitrogen and oxygen atoms in total. The van der Waals surface area contributed by atoms with Crippen molar-refractivity contribution in [3.8, 4) is 5.75 Å². The van der Waals surface area contributed by atoms with E-state index in [2.05, 4.69) is 20.8 Å². The second-order valence-corrected chi connectivity index (χ2v) is 6.77. The lowest BCUT2D eigenvalue weighted by Gasteiger charge is -2.29. The number of allylic oxidation sites excluding steroid dienone is 1. The van der Waals surface area contributed by atoms with E-state index in [1.165, 1.54) is 6.42 Å². The van der Waals surface area contributed by atoms with Crippen LogP contribution < -0.4 is 5.32 Å². The van der Waals surface area contributed by atoms with Crippen LogP contribution in [-0.2, 0) is 9.53 Å². The zero-order chi connectivity index (χ0) is 18.1. The summed E-state index contributed by atoms with van der Waals surface area (Å²) in [4.78, 5) is 13.0. The van der Waals surface area contributed by atoms with Crippen LogP contribution in [0.25, 0.3) is 0 Å². The Labute approximate surface area is 150 Å². The highest BCUT2D eigenvalue weighted by Gasteiger charge is 2.36. The molecule has 136 valence electrons. The number of rotatable bonds is 3. The van der Waals surface area contributed by atoms with Gasteiger partial charge < -0.3 is 15.2 Å². The van der Waals surface area contributed by atoms with Crippen LogP contribution in [0.4, 0.5) is 5.95 Å². The van der Waals surface area contributed by atoms with Crippen molar-refractivity contribution in [2.24, 2.45) is 0 Å². The minimum atomic E-state index is -0.502. The van der Waals surface area contributed by atoms with Gasteiger partial charge in [-0.3, -0.25) is 0 Å². The van der Waals surface area contributed by atoms with E-state index in [0.717, 1.165) is 31.2 Å². The van der Waals surface area contributed by atoms with Gasteiger partial charge in [0, 0.05) is 5.70 Å². The quantitative estimate of drug-likeness (QED) is 0.816. The normalized spacial score (nSPS) is 20.4. The number of fused-ring (bicyclic) bond motifs is 1. The summed E-state index contributed by atoms with van der Waals surface area (Å²) in [6.07, 6.45) is 5.16. The number of aromatic nitrogens is 4. The molecule has 0 amide bonds. The maximum absolute atomic E-state index is 13.0. The molecule has 2 heterocycles. The molecule has 1 saturated carbocycles. The standard InChI is InChI=1S/C18H21N5O3/c1-11-15(17(25)26-14-5-3-2-4-6-14)16(12-7-9-13(24)10-8-12)23-18(19-11)20-21-22-23/h7-10,14,16,24H,2-6H2,1H3,(H,19,20,22). The van der Waals surface area contributed by atoms with Gasteiger partial charge in [0.15, 0.2) is 0 Å². The second kappa shape index (κ2) is 6.78. The summed E-state index contributed by atoms with van der Waals surface area (Å²) in [5, 5.41) is 24.4. The maximum Gasteiger partial charge on any atom is 0.338 e. The molecule has 2 aromatic rings. The van der Waals surface area contributed by atoms with Crippen LogP contribution in [0.2, 0.25) is 0 Å². The number of tetrazole rings is 1. The Kier molecular flexibility index (Phi) is 4.32. The summed E-state index contributed by atoms with van der Waals surface area (Å²) in [6, 6.07) is 6.19. The van der Waals surface area contributed by atoms with E-state index in [1.807, 2.05) is 6.92 Å². The third-order valence-corrected chi connectivity index (χ3v) is 4.97. The van der Waals surface area contributed by atoms with Crippen molar-refractivity contribution in [2.75, 3.05) is 5.32 Å². The van der Waals surface area contributed by atoms with Crippen molar-refractivity contribution < 1.29 is 14.6 Å². The molecule has 1 atom stereocenters. The Hall–Kier alpha value is -2.90. The first kappa shape index (κ1) is 16.6. The Morgan fingerprint density at radius 2 is 1.96 bits per heavy atom. The minimum Gasteiger partial charge on any atom is -0.508 e. The predicted octanol–water partition coefficient (Wildman–Crippen LogP) is 2.54. The number of benzene rings is 1. The Bertz CT molecular complexity index is 837. The topological polar surface area (TPSA) is 102 Å². The molecule has 0 bridgehead atoms. The van der Waals surface area contributed by atoms with Crippen LogP contribution in [0.3, 0.4) is 0 Å². The monoisotopic (exact) mass is 355 g/mol. The molecule has 0 saturated heterocycles. The fourth-order valence-corrected chi connectivity index (χ4v) is 3.64. The van der Waals surface area contributed by atoms with E-state index >= 15 is 0 Å². The highest BCUT2D eigenvalue weighted by atomic mass is 16.5. The number of nitrogens with one attached hydrogen (secondary N) is 1. The number of carbonyl (C=O) groups is 1. The summed E-state index contributed by atoms with van der Waals surface area (Å²) in [7, 11) is 0. The van der Waals surface area contributed by atoms with Crippen molar-refractivity contribution >= 4 is 11.9 Å². The second-order valence-electron chi connectivity index (χ2n) is 6.77. The molecule has 2 aliphatic rings. The van der Waals surface area contributed by atoms with Gasteiger partial charge >= 0.3 is 5.97 Å². The van der Waals surface area contributed by atoms with Crippen LogP contribution in [0, 0.1) is 0 Å². The van der Waals surface area contributed by atoms with E-state index < -0.39 is 6.04 Å². The Morgan fingerprint density at radius 1 is 1.23 bits per heavy atom. The molecule has 0 spiro atoms. The molecule has 8 heteroatoms. The molecule has 4 rings (SSSR count). The van der Waals surface area contributed by atoms with E-state index in [1.54, 1.807) is 28.9 Å². The fourth-order valence-electron chi connectivity index (χ4n) is 3.64. The number of esters is 1. The number of aromatic hydroxyl groups is 1. The number of carbonyl (C=O) groups excluding carboxylic acids is 1. The smallest absolute Gasteiger partial charge is 0.338 e. The number of hydrogen-bond donors (Lipinski definition) is 2. The fraction of sp³-hybridized carbons (Fsp3) is 0.444. The van der Waals surface area contributed by atoms with Gasteiger partial charge in [-0.15, -0.1) is 0 Å². The molecule has 0 radical (unpaired) electrons. The Balaban J connectivity index is 1.69. The predicted molar refractivity (Wildman–Crippen MR) is 93.4 cm³/mol. The number of phenols is 1. The van der Waals surface area contributed by atoms with Crippen LogP contribution in [0.1, 0.15) is 50.6 Å². The van der Waals surface area contributed by atoms with Crippen molar-refractivity contribution in [3.63, 3.8) is 0 Å². The maximum atomic E-state index is 13.0. The van der Waals surface area contributed by atoms with E-state index in [-0.39, 0.29) is 17.8 Å². The largest absolute Gasteiger partial charge is 0.508 e. The molecule has 1 aromatic carbocycles. The molecule has 1 aliphatic heterocycles. The van der Waals surface area contributed by atoms with E-state index in [4.69, 9.17) is 4.74 Å². The van der Waals surface area contributed by atoms with Gasteiger partial charge in [0.2, 0.25) is 5.95 Å². The first-order valence-corrected chi connectivity index (χ1v) is 8.89. The van der Waals surface area contributed by atoms with Gasteiger partial charge in [0.05, 0.1) is 5.57 Å². The van der Waals surface area contributed by atoms with Crippen LogP contribution in [-0.4, -0.2) is 37.4 Å². The lowest BCUT2D eigenvalue weighted by atomic mass is 9.95. The van der Waals surface area contributed by atoms with Gasteiger partial charge in [-0.05, 0) is 60.7 Å². The van der Waals surface area contributed by atoms with Gasteiger partial charge in [-0.2, -0.15) is 4.68 Å². The number of ether oxygens (including phenoxy) is 1. The number of nitrogens with zero attached hydrogens (tertiary/aromatic N) is 4. The summed E-state index contributed by atoms with van der Waals surface area (Å²) in [5.41, 5.74) is 1.96. The molecule has 1 aromatic heterocycles. The molecular weight excluding hydrogens is 334 g/mol. The third-order valence-electron chi connectivity index (χ3n) is 4.97. The summed E-state index contributed by atoms with van der Waals surface area (Å²) >= 11 is 0. The van der Waals surface area contributed by atoms with E-state index in [0.29, 0.717) is 17.2 Å². The van der Waals surface area contributed by atoms with Crippen LogP contribution >= 0.6 is 0 Å². The highest BCUT2D eigenvalue weighted by Crippen LogP contribution is 2.36. The van der Waals surface area contributed by atoms with Crippen LogP contribution in [0.15, 0.2) is 35.5 Å². The molecule has 2 N–H and O–H groups in total. The first-order chi connectivity index (χ1) is 12.6. The summed E-state index contributed by atoms with van der Waals surface area (Å²) in [6.45, 7) is 1.82. The summed E-state index contributed by atoms with van der Waals surface area (Å²) in [5.74, 6) is 0.280. The number of hydrogen-bond acceptors (Lipinski definition) is 7. The van der Waals surface area contributed by atoms with Gasteiger partial charge in [0.1, 0.15) is 17.9 Å². The van der Waals surface area contributed by atoms with Gasteiger partial charge in [-0.25, -0.2) is 4.79 Å². The number of phenolic OH excluding ortho intramolecular Hbond substituents is 1. The summed E-state index contributed by atoms with van der Waals surface area (Å²) < 4.78 is 7.37. The van der Waals surface area contributed by atoms with Crippen LogP contribution in [0.5, 0.6) is 5.75 Å². The van der Waals surface area contributed by atoms with Crippen molar-refractivity contribution in [3.05, 3.63) is 41.1 Å². The molecule has 26 heavy (non-hydrogen) atoms. The van der Waals surface area contributed by atoms with Gasteiger partial charge in [-0.1, -0.05) is 23.7 Å². The SMILES string of the molecule is CC1=C(C(=O)OC2CCCCC2)C(c2ccc(O)cc2)n2nnnc2N1. The van der Waals surface area contributed by atoms with E-state index in [9.17, 15) is 9.90 Å². The molecule has 1 unspecified atom stereocenters. The Morgan fingerprint density at radius 3 is 2.69 bits per heavy atom. The molecule has 1 aliphatic carbocycles. The number of anilines is 1. The average Bonchev–Trinajstić information content (AvgIpc) is 3.10. The first-order valence-electron chi connectivity index (χ1n) is 8.89.